The van der Waals surface area contributed by atoms with Gasteiger partial charge in [0.2, 0.25) is 0 Å². The van der Waals surface area contributed by atoms with Gasteiger partial charge in [-0.2, -0.15) is 5.10 Å². The first-order valence-electron chi connectivity index (χ1n) is 12.8. The Morgan fingerprint density at radius 3 is 2.71 bits per heavy atom. The van der Waals surface area contributed by atoms with Gasteiger partial charge in [0.05, 0.1) is 11.4 Å². The van der Waals surface area contributed by atoms with E-state index >= 15 is 0 Å². The van der Waals surface area contributed by atoms with Crippen LogP contribution in [0.2, 0.25) is 0 Å². The molecule has 0 unspecified atom stereocenters. The second kappa shape index (κ2) is 10.0. The van der Waals surface area contributed by atoms with Gasteiger partial charge in [-0.05, 0) is 62.8 Å². The fourth-order valence-corrected chi connectivity index (χ4v) is 4.98. The minimum Gasteiger partial charge on any atom is -0.382 e. The van der Waals surface area contributed by atoms with E-state index in [1.54, 1.807) is 27.0 Å². The molecule has 198 valence electrons. The summed E-state index contributed by atoms with van der Waals surface area (Å²) in [7, 11) is 0. The summed E-state index contributed by atoms with van der Waals surface area (Å²) >= 11 is 0. The van der Waals surface area contributed by atoms with Crippen molar-refractivity contribution in [3.05, 3.63) is 59.6 Å². The summed E-state index contributed by atoms with van der Waals surface area (Å²) < 4.78 is 5.11. The fraction of sp³-hybridized carbons (Fsp3) is 0.393. The van der Waals surface area contributed by atoms with Crippen molar-refractivity contribution in [2.75, 3.05) is 18.0 Å². The standard InChI is InChI=1S/C28H32N6O4/c1-16(35)13-18-10-12-34(15-18)26-24-21(9-11-29-25(24)31-32-26)20-7-5-19(6-8-20)17(2)30-27(36)22-14-23(38-33-22)28(3,4)37/h5-9,11,14,17-18,37H,10,12-13,15H2,1-4H3,(H,30,36)(H,29,31,32)/t17-,18+/m1/s1. The van der Waals surface area contributed by atoms with E-state index in [1.807, 2.05) is 37.3 Å². The highest BCUT2D eigenvalue weighted by Gasteiger charge is 2.28. The lowest BCUT2D eigenvalue weighted by atomic mass is 9.99. The summed E-state index contributed by atoms with van der Waals surface area (Å²) in [5, 5.41) is 25.4. The van der Waals surface area contributed by atoms with Crippen LogP contribution >= 0.6 is 0 Å². The molecule has 0 spiro atoms. The van der Waals surface area contributed by atoms with Crippen molar-refractivity contribution in [2.45, 2.75) is 52.2 Å². The van der Waals surface area contributed by atoms with Crippen molar-refractivity contribution in [2.24, 2.45) is 5.92 Å². The summed E-state index contributed by atoms with van der Waals surface area (Å²) in [6.45, 7) is 8.33. The predicted octanol–water partition coefficient (Wildman–Crippen LogP) is 4.14. The van der Waals surface area contributed by atoms with E-state index in [9.17, 15) is 14.7 Å². The number of benzene rings is 1. The molecule has 0 radical (unpaired) electrons. The Labute approximate surface area is 220 Å². The monoisotopic (exact) mass is 516 g/mol. The van der Waals surface area contributed by atoms with Gasteiger partial charge in [0.1, 0.15) is 11.4 Å². The number of amides is 1. The molecule has 3 N–H and O–H groups in total. The quantitative estimate of drug-likeness (QED) is 0.318. The highest BCUT2D eigenvalue weighted by Crippen LogP contribution is 2.36. The molecule has 4 heterocycles. The van der Waals surface area contributed by atoms with E-state index in [0.717, 1.165) is 53.1 Å². The summed E-state index contributed by atoms with van der Waals surface area (Å²) in [5.41, 5.74) is 2.56. The highest BCUT2D eigenvalue weighted by atomic mass is 16.5. The number of Topliss-reactive ketones (excluding diaryl/α,β-unsaturated/α-hetero) is 1. The first kappa shape index (κ1) is 25.6. The molecule has 1 saturated heterocycles. The number of hydrogen-bond donors (Lipinski definition) is 3. The Hall–Kier alpha value is -4.05. The molecule has 0 aliphatic carbocycles. The van der Waals surface area contributed by atoms with Crippen LogP contribution in [0.1, 0.15) is 68.4 Å². The van der Waals surface area contributed by atoms with E-state index in [1.165, 1.54) is 6.07 Å². The second-order valence-electron chi connectivity index (χ2n) is 10.6. The van der Waals surface area contributed by atoms with Gasteiger partial charge < -0.3 is 24.6 Å². The van der Waals surface area contributed by atoms with Crippen LogP contribution in [0.4, 0.5) is 5.82 Å². The Bertz CT molecular complexity index is 1470. The maximum absolute atomic E-state index is 12.7. The molecule has 0 saturated carbocycles. The minimum atomic E-state index is -1.22. The molecule has 1 fully saturated rings. The number of carbonyl (C=O) groups excluding carboxylic acids is 2. The van der Waals surface area contributed by atoms with Gasteiger partial charge in [-0.3, -0.25) is 9.89 Å². The molecule has 10 heteroatoms. The van der Waals surface area contributed by atoms with Crippen molar-refractivity contribution in [3.63, 3.8) is 0 Å². The zero-order valence-corrected chi connectivity index (χ0v) is 22.0. The summed E-state index contributed by atoms with van der Waals surface area (Å²) in [4.78, 5) is 31.0. The van der Waals surface area contributed by atoms with Crippen LogP contribution in [0.25, 0.3) is 22.2 Å². The number of hydrogen-bond acceptors (Lipinski definition) is 8. The number of fused-ring (bicyclic) bond motifs is 1. The molecule has 1 aliphatic rings. The fourth-order valence-electron chi connectivity index (χ4n) is 4.98. The number of aromatic nitrogens is 4. The van der Waals surface area contributed by atoms with Crippen molar-refractivity contribution >= 4 is 28.5 Å². The van der Waals surface area contributed by atoms with E-state index < -0.39 is 5.60 Å². The number of aromatic amines is 1. The van der Waals surface area contributed by atoms with Crippen LogP contribution in [0, 0.1) is 5.92 Å². The lowest BCUT2D eigenvalue weighted by Gasteiger charge is -2.17. The third-order valence-electron chi connectivity index (χ3n) is 7.02. The second-order valence-corrected chi connectivity index (χ2v) is 10.6. The average molecular weight is 517 g/mol. The number of anilines is 1. The van der Waals surface area contributed by atoms with Gasteiger partial charge in [-0.1, -0.05) is 29.4 Å². The Balaban J connectivity index is 1.34. The number of pyridine rings is 1. The number of rotatable bonds is 8. The van der Waals surface area contributed by atoms with Crippen LogP contribution in [-0.4, -0.2) is 50.2 Å². The number of nitrogens with zero attached hydrogens (tertiary/aromatic N) is 4. The Morgan fingerprint density at radius 1 is 1.26 bits per heavy atom. The SMILES string of the molecule is CC(=O)C[C@@H]1CCN(c2n[nH]c3nccc(-c4ccc([C@@H](C)NC(=O)c5cc(C(C)(C)O)on5)cc4)c23)C1. The number of carbonyl (C=O) groups is 2. The van der Waals surface area contributed by atoms with Gasteiger partial charge in [0, 0.05) is 31.8 Å². The number of nitrogens with one attached hydrogen (secondary N) is 2. The lowest BCUT2D eigenvalue weighted by Crippen LogP contribution is -2.27. The maximum Gasteiger partial charge on any atom is 0.273 e. The van der Waals surface area contributed by atoms with Crippen molar-refractivity contribution in [3.8, 4) is 11.1 Å². The zero-order valence-electron chi connectivity index (χ0n) is 22.0. The molecule has 4 aromatic rings. The van der Waals surface area contributed by atoms with Gasteiger partial charge in [0.15, 0.2) is 22.9 Å². The third kappa shape index (κ3) is 5.17. The minimum absolute atomic E-state index is 0.115. The van der Waals surface area contributed by atoms with Gasteiger partial charge in [-0.15, -0.1) is 0 Å². The van der Waals surface area contributed by atoms with Crippen molar-refractivity contribution < 1.29 is 19.2 Å². The summed E-state index contributed by atoms with van der Waals surface area (Å²) in [6.07, 6.45) is 3.32. The topological polar surface area (TPSA) is 137 Å². The van der Waals surface area contributed by atoms with Crippen LogP contribution < -0.4 is 10.2 Å². The normalized spacial score (nSPS) is 16.7. The molecule has 38 heavy (non-hydrogen) atoms. The zero-order chi connectivity index (χ0) is 27.0. The van der Waals surface area contributed by atoms with E-state index in [0.29, 0.717) is 12.3 Å². The third-order valence-corrected chi connectivity index (χ3v) is 7.02. The van der Waals surface area contributed by atoms with Gasteiger partial charge in [0.25, 0.3) is 5.91 Å². The molecule has 0 bridgehead atoms. The average Bonchev–Trinajstić information content (AvgIpc) is 3.62. The number of aliphatic hydroxyl groups is 1. The van der Waals surface area contributed by atoms with E-state index in [2.05, 4.69) is 30.6 Å². The molecule has 5 rings (SSSR count). The van der Waals surface area contributed by atoms with Gasteiger partial charge >= 0.3 is 0 Å². The molecule has 10 nitrogen and oxygen atoms in total. The largest absolute Gasteiger partial charge is 0.382 e. The molecular weight excluding hydrogens is 484 g/mol. The van der Waals surface area contributed by atoms with Crippen LogP contribution in [0.15, 0.2) is 47.1 Å². The smallest absolute Gasteiger partial charge is 0.273 e. The predicted molar refractivity (Wildman–Crippen MR) is 143 cm³/mol. The highest BCUT2D eigenvalue weighted by molar-refractivity contribution is 6.00. The molecule has 2 atom stereocenters. The first-order valence-corrected chi connectivity index (χ1v) is 12.8. The lowest BCUT2D eigenvalue weighted by molar-refractivity contribution is -0.117. The Kier molecular flexibility index (Phi) is 6.75. The summed E-state index contributed by atoms with van der Waals surface area (Å²) in [6, 6.07) is 11.2. The Morgan fingerprint density at radius 2 is 2.03 bits per heavy atom. The first-order chi connectivity index (χ1) is 18.1. The molecule has 1 amide bonds. The maximum atomic E-state index is 12.7. The van der Waals surface area contributed by atoms with E-state index in [-0.39, 0.29) is 29.2 Å². The molecular formula is C28H32N6O4. The summed E-state index contributed by atoms with van der Waals surface area (Å²) in [5.74, 6) is 1.27. The number of H-pyrrole nitrogens is 1. The van der Waals surface area contributed by atoms with E-state index in [4.69, 9.17) is 4.52 Å². The van der Waals surface area contributed by atoms with Crippen LogP contribution in [0.5, 0.6) is 0 Å². The van der Waals surface area contributed by atoms with Crippen LogP contribution in [0.3, 0.4) is 0 Å². The van der Waals surface area contributed by atoms with Gasteiger partial charge in [-0.25, -0.2) is 4.98 Å². The van der Waals surface area contributed by atoms with Crippen molar-refractivity contribution in [1.82, 2.24) is 25.7 Å². The molecule has 1 aliphatic heterocycles. The molecule has 1 aromatic carbocycles. The number of ketones is 1. The van der Waals surface area contributed by atoms with Crippen molar-refractivity contribution in [1.29, 1.82) is 0 Å². The van der Waals surface area contributed by atoms with Crippen LogP contribution in [-0.2, 0) is 10.4 Å². The molecule has 3 aromatic heterocycles.